The van der Waals surface area contributed by atoms with E-state index in [9.17, 15) is 13.2 Å². The van der Waals surface area contributed by atoms with Gasteiger partial charge in [-0.25, -0.2) is 8.42 Å². The molecule has 1 atom stereocenters. The molecule has 1 aromatic carbocycles. The predicted octanol–water partition coefficient (Wildman–Crippen LogP) is 1.16. The third kappa shape index (κ3) is 6.42. The lowest BCUT2D eigenvalue weighted by Gasteiger charge is -2.10. The molecule has 0 heterocycles. The summed E-state index contributed by atoms with van der Waals surface area (Å²) in [6.45, 7) is 1.82. The van der Waals surface area contributed by atoms with E-state index < -0.39 is 16.1 Å². The number of hydrogen-bond donors (Lipinski definition) is 3. The van der Waals surface area contributed by atoms with Crippen LogP contribution in [0.4, 0.5) is 11.4 Å². The van der Waals surface area contributed by atoms with Crippen molar-refractivity contribution in [3.05, 3.63) is 24.3 Å². The number of benzene rings is 1. The maximum absolute atomic E-state index is 11.5. The Morgan fingerprint density at radius 3 is 2.16 bits per heavy atom. The average molecular weight is 308 g/mol. The second-order valence-corrected chi connectivity index (χ2v) is 5.70. The molecule has 0 aliphatic rings. The van der Waals surface area contributed by atoms with Gasteiger partial charge in [0.05, 0.1) is 12.3 Å². The molecule has 0 unspecified atom stereocenters. The van der Waals surface area contributed by atoms with Gasteiger partial charge in [-0.05, 0) is 30.7 Å². The monoisotopic (exact) mass is 307 g/mol. The second kappa shape index (κ2) is 7.32. The Balaban J connectivity index is 0.00000324. The molecule has 1 rings (SSSR count). The number of anilines is 2. The van der Waals surface area contributed by atoms with Crippen LogP contribution in [0.1, 0.15) is 13.3 Å². The maximum Gasteiger partial charge on any atom is 0.241 e. The Labute approximate surface area is 119 Å². The molecule has 0 aliphatic heterocycles. The van der Waals surface area contributed by atoms with Crippen LogP contribution < -0.4 is 15.8 Å². The topological polar surface area (TPSA) is 101 Å². The molecule has 4 N–H and O–H groups in total. The summed E-state index contributed by atoms with van der Waals surface area (Å²) < 4.78 is 24.3. The largest absolute Gasteiger partial charge is 0.325 e. The summed E-state index contributed by atoms with van der Waals surface area (Å²) in [7, 11) is -3.29. The van der Waals surface area contributed by atoms with Crippen LogP contribution in [0, 0.1) is 0 Å². The minimum absolute atomic E-state index is 0. The number of sulfonamides is 1. The van der Waals surface area contributed by atoms with Crippen LogP contribution in [-0.2, 0) is 14.8 Å². The molecule has 0 saturated heterocycles. The van der Waals surface area contributed by atoms with Gasteiger partial charge in [0, 0.05) is 11.4 Å². The number of nitrogens with two attached hydrogens (primary N) is 1. The minimum atomic E-state index is -3.29. The highest BCUT2D eigenvalue weighted by Crippen LogP contribution is 2.14. The molecule has 1 amide bonds. The SMILES string of the molecule is CC[C@H](N)C(=O)Nc1ccc(NS(C)(=O)=O)cc1.Cl. The van der Waals surface area contributed by atoms with Crippen LogP contribution in [0.5, 0.6) is 0 Å². The van der Waals surface area contributed by atoms with Gasteiger partial charge in [0.1, 0.15) is 0 Å². The number of carbonyl (C=O) groups is 1. The van der Waals surface area contributed by atoms with Gasteiger partial charge < -0.3 is 11.1 Å². The number of halogens is 1. The second-order valence-electron chi connectivity index (χ2n) is 3.96. The smallest absolute Gasteiger partial charge is 0.241 e. The first-order chi connectivity index (χ1) is 8.31. The van der Waals surface area contributed by atoms with Crippen LogP contribution in [0.15, 0.2) is 24.3 Å². The van der Waals surface area contributed by atoms with E-state index >= 15 is 0 Å². The fourth-order valence-corrected chi connectivity index (χ4v) is 1.82. The van der Waals surface area contributed by atoms with Gasteiger partial charge in [-0.1, -0.05) is 6.92 Å². The molecule has 108 valence electrons. The van der Waals surface area contributed by atoms with Crippen molar-refractivity contribution < 1.29 is 13.2 Å². The molecule has 0 spiro atoms. The van der Waals surface area contributed by atoms with Crippen LogP contribution >= 0.6 is 12.4 Å². The summed E-state index contributed by atoms with van der Waals surface area (Å²) >= 11 is 0. The van der Waals surface area contributed by atoms with Crippen molar-refractivity contribution in [3.8, 4) is 0 Å². The van der Waals surface area contributed by atoms with Crippen LogP contribution in [0.2, 0.25) is 0 Å². The van der Waals surface area contributed by atoms with Crippen molar-refractivity contribution in [1.29, 1.82) is 0 Å². The minimum Gasteiger partial charge on any atom is -0.325 e. The lowest BCUT2D eigenvalue weighted by molar-refractivity contribution is -0.117. The van der Waals surface area contributed by atoms with E-state index in [2.05, 4.69) is 10.0 Å². The lowest BCUT2D eigenvalue weighted by Crippen LogP contribution is -2.34. The highest BCUT2D eigenvalue weighted by molar-refractivity contribution is 7.92. The van der Waals surface area contributed by atoms with E-state index in [0.29, 0.717) is 17.8 Å². The molecule has 6 nitrogen and oxygen atoms in total. The third-order valence-corrected chi connectivity index (χ3v) is 2.84. The molecule has 0 aliphatic carbocycles. The van der Waals surface area contributed by atoms with E-state index in [4.69, 9.17) is 5.73 Å². The van der Waals surface area contributed by atoms with Gasteiger partial charge in [0.25, 0.3) is 0 Å². The molecule has 0 bridgehead atoms. The number of rotatable bonds is 5. The molecular formula is C11H18ClN3O3S. The number of amides is 1. The molecule has 8 heteroatoms. The van der Waals surface area contributed by atoms with Gasteiger partial charge in [-0.2, -0.15) is 0 Å². The molecule has 1 aromatic rings. The van der Waals surface area contributed by atoms with Crippen LogP contribution in [0.25, 0.3) is 0 Å². The fraction of sp³-hybridized carbons (Fsp3) is 0.364. The van der Waals surface area contributed by atoms with Crippen molar-refractivity contribution in [1.82, 2.24) is 0 Å². The summed E-state index contributed by atoms with van der Waals surface area (Å²) in [6, 6.07) is 5.79. The van der Waals surface area contributed by atoms with Gasteiger partial charge in [-0.15, -0.1) is 12.4 Å². The van der Waals surface area contributed by atoms with Gasteiger partial charge in [0.2, 0.25) is 15.9 Å². The summed E-state index contributed by atoms with van der Waals surface area (Å²) in [5, 5.41) is 2.64. The summed E-state index contributed by atoms with van der Waals surface area (Å²) in [5.41, 5.74) is 6.59. The first-order valence-corrected chi connectivity index (χ1v) is 7.35. The van der Waals surface area contributed by atoms with Crippen molar-refractivity contribution in [2.45, 2.75) is 19.4 Å². The number of hydrogen-bond acceptors (Lipinski definition) is 4. The van der Waals surface area contributed by atoms with Crippen LogP contribution in [-0.4, -0.2) is 26.6 Å². The number of carbonyl (C=O) groups excluding carboxylic acids is 1. The first kappa shape index (κ1) is 17.7. The quantitative estimate of drug-likeness (QED) is 0.759. The summed E-state index contributed by atoms with van der Waals surface area (Å²) in [5.74, 6) is -0.263. The van der Waals surface area contributed by atoms with Crippen molar-refractivity contribution in [3.63, 3.8) is 0 Å². The molecule has 0 saturated carbocycles. The number of nitrogens with one attached hydrogen (secondary N) is 2. The zero-order chi connectivity index (χ0) is 13.8. The van der Waals surface area contributed by atoms with E-state index in [1.165, 1.54) is 0 Å². The van der Waals surface area contributed by atoms with E-state index in [0.717, 1.165) is 6.26 Å². The molecule has 19 heavy (non-hydrogen) atoms. The van der Waals surface area contributed by atoms with Crippen molar-refractivity contribution in [2.75, 3.05) is 16.3 Å². The zero-order valence-electron chi connectivity index (χ0n) is 10.7. The van der Waals surface area contributed by atoms with E-state index in [-0.39, 0.29) is 18.3 Å². The fourth-order valence-electron chi connectivity index (χ4n) is 1.26. The van der Waals surface area contributed by atoms with Gasteiger partial charge in [0.15, 0.2) is 0 Å². The molecule has 0 fully saturated rings. The Bertz CT molecular complexity index is 516. The zero-order valence-corrected chi connectivity index (χ0v) is 12.3. The average Bonchev–Trinajstić information content (AvgIpc) is 2.28. The standard InChI is InChI=1S/C11H17N3O3S.ClH/c1-3-10(12)11(15)13-8-4-6-9(7-5-8)14-18(2,16)17;/h4-7,10,14H,3,12H2,1-2H3,(H,13,15);1H/t10-;/m0./s1. The Hall–Kier alpha value is -1.31. The first-order valence-electron chi connectivity index (χ1n) is 5.46. The predicted molar refractivity (Wildman–Crippen MR) is 79.1 cm³/mol. The van der Waals surface area contributed by atoms with Gasteiger partial charge in [-0.3, -0.25) is 9.52 Å². The Morgan fingerprint density at radius 1 is 1.26 bits per heavy atom. The summed E-state index contributed by atoms with van der Waals surface area (Å²) in [4.78, 5) is 11.5. The Kier molecular flexibility index (Phi) is 6.82. The molecular weight excluding hydrogens is 290 g/mol. The maximum atomic E-state index is 11.5. The van der Waals surface area contributed by atoms with Gasteiger partial charge >= 0.3 is 0 Å². The van der Waals surface area contributed by atoms with Crippen molar-refractivity contribution in [2.24, 2.45) is 5.73 Å². The summed E-state index contributed by atoms with van der Waals surface area (Å²) in [6.07, 6.45) is 1.63. The van der Waals surface area contributed by atoms with Crippen LogP contribution in [0.3, 0.4) is 0 Å². The molecule has 0 aromatic heterocycles. The van der Waals surface area contributed by atoms with E-state index in [1.54, 1.807) is 24.3 Å². The highest BCUT2D eigenvalue weighted by Gasteiger charge is 2.10. The van der Waals surface area contributed by atoms with Crippen molar-refractivity contribution >= 4 is 39.7 Å². The lowest BCUT2D eigenvalue weighted by atomic mass is 10.2. The highest BCUT2D eigenvalue weighted by atomic mass is 35.5. The normalized spacial score (nSPS) is 12.2. The Morgan fingerprint density at radius 2 is 1.74 bits per heavy atom. The third-order valence-electron chi connectivity index (χ3n) is 2.23. The van der Waals surface area contributed by atoms with E-state index in [1.807, 2.05) is 6.92 Å². The molecule has 0 radical (unpaired) electrons.